The minimum absolute atomic E-state index is 0.0287. The van der Waals surface area contributed by atoms with Gasteiger partial charge in [-0.25, -0.2) is 0 Å². The molecule has 0 aromatic heterocycles. The molecule has 0 spiro atoms. The Kier molecular flexibility index (Phi) is 17.7. The van der Waals surface area contributed by atoms with Crippen LogP contribution in [-0.4, -0.2) is 12.0 Å². The summed E-state index contributed by atoms with van der Waals surface area (Å²) in [6, 6.07) is -0.0287. The second kappa shape index (κ2) is 18.3. The number of carbonyl (C=O) groups is 1. The first-order valence-electron chi connectivity index (χ1n) is 8.82. The van der Waals surface area contributed by atoms with Gasteiger partial charge in [0.15, 0.2) is 6.07 Å². The third-order valence-corrected chi connectivity index (χ3v) is 3.66. The number of rotatable bonds is 15. The maximum Gasteiger partial charge on any atom is 0.306 e. The lowest BCUT2D eigenvalue weighted by molar-refractivity contribution is -0.141. The number of hydrogen-bond donors (Lipinski definition) is 0. The second-order valence-electron chi connectivity index (χ2n) is 5.61. The molecule has 0 saturated carbocycles. The topological polar surface area (TPSA) is 26.3 Å². The summed E-state index contributed by atoms with van der Waals surface area (Å²) in [6.45, 7) is 2.24. The van der Waals surface area contributed by atoms with Crippen LogP contribution in [0.25, 0.3) is 0 Å². The number of carbonyl (C=O) groups excluding carboxylic acids is 1. The van der Waals surface area contributed by atoms with Crippen molar-refractivity contribution in [2.45, 2.75) is 84.0 Å². The monoisotopic (exact) mass is 328 g/mol. The van der Waals surface area contributed by atoms with Gasteiger partial charge in [-0.2, -0.15) is 0 Å². The fourth-order valence-electron chi connectivity index (χ4n) is 2.21. The molecule has 0 rings (SSSR count). The fourth-order valence-corrected chi connectivity index (χ4v) is 2.34. The predicted molar refractivity (Wildman–Crippen MR) is 96.2 cm³/mol. The van der Waals surface area contributed by atoms with Crippen LogP contribution in [0.5, 0.6) is 0 Å². The molecule has 0 aliphatic carbocycles. The van der Waals surface area contributed by atoms with Crippen molar-refractivity contribution in [2.24, 2.45) is 0 Å². The van der Waals surface area contributed by atoms with Crippen LogP contribution in [0.1, 0.15) is 84.0 Å². The molecule has 0 radical (unpaired) electrons. The van der Waals surface area contributed by atoms with Crippen LogP contribution < -0.4 is 0 Å². The van der Waals surface area contributed by atoms with E-state index in [1.165, 1.54) is 44.9 Å². The standard InChI is InChI=1S/C19H33ClO2/c1-2-3-4-5-6-7-8-9-10-11-12-13-14-15-16-17-19(21)22-18-20/h6-7,9-10H,2-5,8,11-18H2,1H3/b7-6-,10-9-. The van der Waals surface area contributed by atoms with Crippen molar-refractivity contribution in [2.75, 3.05) is 6.07 Å². The summed E-state index contributed by atoms with van der Waals surface area (Å²) in [4.78, 5) is 11.1. The van der Waals surface area contributed by atoms with Gasteiger partial charge in [0.1, 0.15) is 0 Å². The molecule has 0 heterocycles. The third kappa shape index (κ3) is 17.3. The molecular weight excluding hydrogens is 296 g/mol. The van der Waals surface area contributed by atoms with Gasteiger partial charge >= 0.3 is 5.97 Å². The predicted octanol–water partition coefficient (Wildman–Crippen LogP) is 6.54. The molecule has 0 aromatic rings. The molecule has 0 aliphatic heterocycles. The molecule has 3 heteroatoms. The van der Waals surface area contributed by atoms with Crippen molar-refractivity contribution >= 4 is 17.6 Å². The first-order chi connectivity index (χ1) is 10.8. The molecule has 0 aromatic carbocycles. The van der Waals surface area contributed by atoms with Gasteiger partial charge in [-0.15, -0.1) is 0 Å². The van der Waals surface area contributed by atoms with Crippen molar-refractivity contribution in [3.8, 4) is 0 Å². The van der Waals surface area contributed by atoms with Gasteiger partial charge in [0.25, 0.3) is 0 Å². The number of allylic oxidation sites excluding steroid dienone is 4. The number of hydrogen-bond acceptors (Lipinski definition) is 2. The highest BCUT2D eigenvalue weighted by molar-refractivity contribution is 6.17. The van der Waals surface area contributed by atoms with Crippen LogP contribution in [0, 0.1) is 0 Å². The van der Waals surface area contributed by atoms with Crippen LogP contribution in [0.4, 0.5) is 0 Å². The lowest BCUT2D eigenvalue weighted by Crippen LogP contribution is -2.01. The van der Waals surface area contributed by atoms with E-state index in [2.05, 4.69) is 36.0 Å². The smallest absolute Gasteiger partial charge is 0.306 e. The Labute approximate surface area is 142 Å². The molecule has 0 unspecified atom stereocenters. The molecule has 0 atom stereocenters. The summed E-state index contributed by atoms with van der Waals surface area (Å²) >= 11 is 5.31. The minimum Gasteiger partial charge on any atom is -0.449 e. The van der Waals surface area contributed by atoms with E-state index in [1.54, 1.807) is 0 Å². The van der Waals surface area contributed by atoms with Crippen LogP contribution >= 0.6 is 11.6 Å². The number of alkyl halides is 1. The second-order valence-corrected chi connectivity index (χ2v) is 5.82. The van der Waals surface area contributed by atoms with Gasteiger partial charge in [-0.05, 0) is 38.5 Å². The zero-order valence-corrected chi connectivity index (χ0v) is 15.0. The molecule has 0 aliphatic rings. The van der Waals surface area contributed by atoms with E-state index in [0.29, 0.717) is 6.42 Å². The van der Waals surface area contributed by atoms with Crippen LogP contribution in [-0.2, 0) is 9.53 Å². The molecule has 0 amide bonds. The van der Waals surface area contributed by atoms with Crippen molar-refractivity contribution in [1.82, 2.24) is 0 Å². The minimum atomic E-state index is -0.180. The van der Waals surface area contributed by atoms with Gasteiger partial charge in [0.2, 0.25) is 0 Å². The van der Waals surface area contributed by atoms with Crippen LogP contribution in [0.2, 0.25) is 0 Å². The molecule has 22 heavy (non-hydrogen) atoms. The molecule has 0 saturated heterocycles. The largest absolute Gasteiger partial charge is 0.449 e. The van der Waals surface area contributed by atoms with Crippen LogP contribution in [0.3, 0.4) is 0 Å². The molecule has 0 N–H and O–H groups in total. The quantitative estimate of drug-likeness (QED) is 0.148. The van der Waals surface area contributed by atoms with Crippen LogP contribution in [0.15, 0.2) is 24.3 Å². The van der Waals surface area contributed by atoms with E-state index in [-0.39, 0.29) is 12.0 Å². The Hall–Kier alpha value is -0.760. The van der Waals surface area contributed by atoms with Gasteiger partial charge in [0.05, 0.1) is 0 Å². The van der Waals surface area contributed by atoms with Crippen molar-refractivity contribution in [3.05, 3.63) is 24.3 Å². The lowest BCUT2D eigenvalue weighted by Gasteiger charge is -2.01. The number of halogens is 1. The van der Waals surface area contributed by atoms with Gasteiger partial charge in [-0.3, -0.25) is 4.79 Å². The Morgan fingerprint density at radius 2 is 1.45 bits per heavy atom. The highest BCUT2D eigenvalue weighted by Crippen LogP contribution is 2.08. The average Bonchev–Trinajstić information content (AvgIpc) is 2.51. The van der Waals surface area contributed by atoms with E-state index in [4.69, 9.17) is 11.6 Å². The van der Waals surface area contributed by atoms with Crippen molar-refractivity contribution in [3.63, 3.8) is 0 Å². The van der Waals surface area contributed by atoms with E-state index in [1.807, 2.05) is 0 Å². The van der Waals surface area contributed by atoms with Gasteiger partial charge in [-0.1, -0.05) is 74.9 Å². The van der Waals surface area contributed by atoms with Crippen molar-refractivity contribution < 1.29 is 9.53 Å². The van der Waals surface area contributed by atoms with E-state index in [9.17, 15) is 4.79 Å². The normalized spacial score (nSPS) is 11.5. The average molecular weight is 329 g/mol. The lowest BCUT2D eigenvalue weighted by atomic mass is 10.1. The molecular formula is C19H33ClO2. The summed E-state index contributed by atoms with van der Waals surface area (Å²) < 4.78 is 4.67. The third-order valence-electron chi connectivity index (χ3n) is 3.55. The molecule has 0 fully saturated rings. The Morgan fingerprint density at radius 3 is 2.09 bits per heavy atom. The zero-order chi connectivity index (χ0) is 16.3. The van der Waals surface area contributed by atoms with Gasteiger partial charge in [0, 0.05) is 6.42 Å². The highest BCUT2D eigenvalue weighted by Gasteiger charge is 2.00. The highest BCUT2D eigenvalue weighted by atomic mass is 35.5. The van der Waals surface area contributed by atoms with E-state index in [0.717, 1.165) is 25.7 Å². The molecule has 0 bridgehead atoms. The zero-order valence-electron chi connectivity index (χ0n) is 14.2. The summed E-state index contributed by atoms with van der Waals surface area (Å²) in [5.41, 5.74) is 0. The first kappa shape index (κ1) is 21.2. The SMILES string of the molecule is CCCCC/C=C\C/C=C\CCCCCCCC(=O)OCCl. The Balaban J connectivity index is 3.22. The summed E-state index contributed by atoms with van der Waals surface area (Å²) in [6.07, 6.45) is 22.7. The molecule has 2 nitrogen and oxygen atoms in total. The van der Waals surface area contributed by atoms with E-state index >= 15 is 0 Å². The number of unbranched alkanes of at least 4 members (excludes halogenated alkanes) is 8. The maximum atomic E-state index is 11.1. The molecule has 128 valence electrons. The summed E-state index contributed by atoms with van der Waals surface area (Å²) in [5, 5.41) is 0. The van der Waals surface area contributed by atoms with Crippen molar-refractivity contribution in [1.29, 1.82) is 0 Å². The Morgan fingerprint density at radius 1 is 0.864 bits per heavy atom. The number of esters is 1. The Bertz CT molecular complexity index is 298. The summed E-state index contributed by atoms with van der Waals surface area (Å²) in [5.74, 6) is -0.180. The summed E-state index contributed by atoms with van der Waals surface area (Å²) in [7, 11) is 0. The fraction of sp³-hybridized carbons (Fsp3) is 0.737. The first-order valence-corrected chi connectivity index (χ1v) is 9.36. The van der Waals surface area contributed by atoms with E-state index < -0.39 is 0 Å². The van der Waals surface area contributed by atoms with Gasteiger partial charge < -0.3 is 4.74 Å². The maximum absolute atomic E-state index is 11.1. The number of ether oxygens (including phenoxy) is 1.